The van der Waals surface area contributed by atoms with Crippen LogP contribution in [-0.2, 0) is 12.1 Å². The summed E-state index contributed by atoms with van der Waals surface area (Å²) in [7, 11) is 1.68. The lowest BCUT2D eigenvalue weighted by atomic mass is 9.85. The summed E-state index contributed by atoms with van der Waals surface area (Å²) < 4.78 is 5.50. The van der Waals surface area contributed by atoms with E-state index < -0.39 is 5.54 Å². The predicted octanol–water partition coefficient (Wildman–Crippen LogP) is 3.49. The Morgan fingerprint density at radius 1 is 0.909 bits per heavy atom. The van der Waals surface area contributed by atoms with E-state index >= 15 is 0 Å². The van der Waals surface area contributed by atoms with Crippen LogP contribution < -0.4 is 4.74 Å². The van der Waals surface area contributed by atoms with Crippen molar-refractivity contribution in [2.24, 2.45) is 0 Å². The summed E-state index contributed by atoms with van der Waals surface area (Å²) in [6.45, 7) is 5.38. The van der Waals surface area contributed by atoms with Gasteiger partial charge in [0.05, 0.1) is 12.8 Å². The van der Waals surface area contributed by atoms with Crippen LogP contribution in [0.1, 0.15) is 37.5 Å². The van der Waals surface area contributed by atoms with E-state index in [0.29, 0.717) is 29.9 Å². The Morgan fingerprint density at radius 2 is 1.55 bits per heavy atom. The monoisotopic (exact) mass is 441 g/mol. The number of Topliss-reactive ketones (excluding diaryl/α,β-unsaturated/α-hetero) is 2. The highest BCUT2D eigenvalue weighted by Crippen LogP contribution is 2.42. The first kappa shape index (κ1) is 21.5. The molecule has 0 spiro atoms. The van der Waals surface area contributed by atoms with Gasteiger partial charge in [-0.1, -0.05) is 42.5 Å². The van der Waals surface area contributed by atoms with Crippen LogP contribution in [0.5, 0.6) is 5.75 Å². The van der Waals surface area contributed by atoms with Gasteiger partial charge in [-0.15, -0.1) is 0 Å². The second-order valence-corrected chi connectivity index (χ2v) is 8.71. The lowest BCUT2D eigenvalue weighted by Gasteiger charge is -2.43. The molecule has 1 aliphatic heterocycles. The van der Waals surface area contributed by atoms with Crippen LogP contribution in [0.25, 0.3) is 0 Å². The molecular formula is C27H27N3O3. The average molecular weight is 442 g/mol. The molecule has 1 aromatic heterocycles. The summed E-state index contributed by atoms with van der Waals surface area (Å²) in [6, 6.07) is 18.9. The van der Waals surface area contributed by atoms with Crippen molar-refractivity contribution in [1.29, 1.82) is 0 Å². The molecule has 1 aliphatic carbocycles. The van der Waals surface area contributed by atoms with Crippen molar-refractivity contribution in [3.05, 3.63) is 94.8 Å². The summed E-state index contributed by atoms with van der Waals surface area (Å²) in [6.07, 6.45) is 1.69. The summed E-state index contributed by atoms with van der Waals surface area (Å²) in [5, 5.41) is 0. The number of hydrogen-bond acceptors (Lipinski definition) is 6. The summed E-state index contributed by atoms with van der Waals surface area (Å²) >= 11 is 0. The molecule has 0 radical (unpaired) electrons. The Hall–Kier alpha value is -3.35. The van der Waals surface area contributed by atoms with Crippen molar-refractivity contribution in [3.63, 3.8) is 0 Å². The topological polar surface area (TPSA) is 62.7 Å². The van der Waals surface area contributed by atoms with E-state index in [-0.39, 0.29) is 11.6 Å². The van der Waals surface area contributed by atoms with Crippen LogP contribution >= 0.6 is 0 Å². The number of fused-ring (bicyclic) bond motifs is 1. The van der Waals surface area contributed by atoms with Gasteiger partial charge in [-0.25, -0.2) is 0 Å². The highest BCUT2D eigenvalue weighted by atomic mass is 16.5. The van der Waals surface area contributed by atoms with E-state index in [9.17, 15) is 9.59 Å². The Morgan fingerprint density at radius 3 is 2.18 bits per heavy atom. The fraction of sp³-hybridized carbons (Fsp3) is 0.296. The van der Waals surface area contributed by atoms with Crippen molar-refractivity contribution >= 4 is 11.6 Å². The number of ketones is 2. The van der Waals surface area contributed by atoms with Gasteiger partial charge in [0.15, 0.2) is 17.1 Å². The number of methoxy groups -OCH3 is 1. The average Bonchev–Trinajstić information content (AvgIpc) is 3.08. The molecule has 0 saturated carbocycles. The molecule has 1 fully saturated rings. The third kappa shape index (κ3) is 3.46. The maximum atomic E-state index is 13.9. The number of para-hydroxylation sites is 1. The van der Waals surface area contributed by atoms with Crippen LogP contribution in [-0.4, -0.2) is 59.6 Å². The molecule has 2 aromatic carbocycles. The van der Waals surface area contributed by atoms with Crippen molar-refractivity contribution in [3.8, 4) is 5.75 Å². The fourth-order valence-corrected chi connectivity index (χ4v) is 5.10. The maximum Gasteiger partial charge on any atom is 0.198 e. The maximum absolute atomic E-state index is 13.9. The highest BCUT2D eigenvalue weighted by molar-refractivity contribution is 6.32. The zero-order chi connectivity index (χ0) is 23.0. The van der Waals surface area contributed by atoms with Crippen molar-refractivity contribution in [2.75, 3.05) is 33.3 Å². The number of benzene rings is 2. The molecule has 3 aromatic rings. The predicted molar refractivity (Wildman–Crippen MR) is 126 cm³/mol. The number of rotatable bonds is 5. The first-order chi connectivity index (χ1) is 16.1. The number of carbonyl (C=O) groups excluding carboxylic acids is 2. The summed E-state index contributed by atoms with van der Waals surface area (Å²) in [5.41, 5.74) is 2.21. The molecule has 6 nitrogen and oxygen atoms in total. The second kappa shape index (κ2) is 8.54. The van der Waals surface area contributed by atoms with Crippen molar-refractivity contribution < 1.29 is 14.3 Å². The molecule has 2 aliphatic rings. The van der Waals surface area contributed by atoms with Crippen LogP contribution in [0.15, 0.2) is 66.9 Å². The number of piperazine rings is 1. The van der Waals surface area contributed by atoms with Crippen LogP contribution in [0.4, 0.5) is 0 Å². The molecule has 5 rings (SSSR count). The van der Waals surface area contributed by atoms with Gasteiger partial charge in [-0.2, -0.15) is 0 Å². The Bertz CT molecular complexity index is 1180. The molecule has 2 heterocycles. The number of hydrogen-bond donors (Lipinski definition) is 0. The first-order valence-corrected chi connectivity index (χ1v) is 11.3. The largest absolute Gasteiger partial charge is 0.496 e. The van der Waals surface area contributed by atoms with Gasteiger partial charge in [0.2, 0.25) is 0 Å². The van der Waals surface area contributed by atoms with Crippen LogP contribution in [0.3, 0.4) is 0 Å². The van der Waals surface area contributed by atoms with E-state index in [1.54, 1.807) is 25.4 Å². The number of ether oxygens (including phenoxy) is 1. The smallest absolute Gasteiger partial charge is 0.198 e. The van der Waals surface area contributed by atoms with E-state index in [1.807, 2.05) is 54.3 Å². The van der Waals surface area contributed by atoms with E-state index in [1.165, 1.54) is 0 Å². The molecular weight excluding hydrogens is 414 g/mol. The lowest BCUT2D eigenvalue weighted by Crippen LogP contribution is -2.60. The minimum absolute atomic E-state index is 0.167. The summed E-state index contributed by atoms with van der Waals surface area (Å²) in [5.74, 6) is 0.538. The second-order valence-electron chi connectivity index (χ2n) is 8.71. The normalized spacial score (nSPS) is 18.4. The van der Waals surface area contributed by atoms with Gasteiger partial charge < -0.3 is 4.74 Å². The Labute approximate surface area is 193 Å². The minimum Gasteiger partial charge on any atom is -0.496 e. The Balaban J connectivity index is 1.46. The van der Waals surface area contributed by atoms with Gasteiger partial charge in [0.1, 0.15) is 5.75 Å². The molecule has 0 bridgehead atoms. The molecule has 0 N–H and O–H groups in total. The van der Waals surface area contributed by atoms with Gasteiger partial charge in [-0.3, -0.25) is 24.4 Å². The standard InChI is InChI=1S/C27H27N3O3/c1-19-11-12-28-24(17-19)27(25(31)21-8-4-5-9-22(21)26(27)32)30-15-13-29(14-16-30)18-20-7-3-6-10-23(20)33-2/h3-12,17H,13-16,18H2,1-2H3. The third-order valence-corrected chi connectivity index (χ3v) is 6.79. The fourth-order valence-electron chi connectivity index (χ4n) is 5.10. The molecule has 168 valence electrons. The molecule has 33 heavy (non-hydrogen) atoms. The lowest BCUT2D eigenvalue weighted by molar-refractivity contribution is 0.0265. The molecule has 1 saturated heterocycles. The number of nitrogens with zero attached hydrogens (tertiary/aromatic N) is 3. The van der Waals surface area contributed by atoms with Gasteiger partial charge in [0.25, 0.3) is 0 Å². The van der Waals surface area contributed by atoms with E-state index in [4.69, 9.17) is 4.74 Å². The molecule has 0 atom stereocenters. The SMILES string of the molecule is COc1ccccc1CN1CCN(C2(c3cc(C)ccn3)C(=O)c3ccccc3C2=O)CC1. The van der Waals surface area contributed by atoms with Gasteiger partial charge in [0, 0.05) is 55.6 Å². The first-order valence-electron chi connectivity index (χ1n) is 11.3. The number of aromatic nitrogens is 1. The van der Waals surface area contributed by atoms with Crippen LogP contribution in [0, 0.1) is 6.92 Å². The van der Waals surface area contributed by atoms with E-state index in [2.05, 4.69) is 16.0 Å². The van der Waals surface area contributed by atoms with E-state index in [0.717, 1.165) is 36.5 Å². The highest BCUT2D eigenvalue weighted by Gasteiger charge is 2.59. The molecule has 0 amide bonds. The zero-order valence-corrected chi connectivity index (χ0v) is 19.0. The number of pyridine rings is 1. The van der Waals surface area contributed by atoms with Crippen molar-refractivity contribution in [2.45, 2.75) is 19.0 Å². The quantitative estimate of drug-likeness (QED) is 0.565. The zero-order valence-electron chi connectivity index (χ0n) is 19.0. The summed E-state index contributed by atoms with van der Waals surface area (Å²) in [4.78, 5) is 36.7. The van der Waals surface area contributed by atoms with Crippen LogP contribution in [0.2, 0.25) is 0 Å². The Kier molecular flexibility index (Phi) is 5.56. The molecule has 0 unspecified atom stereocenters. The minimum atomic E-state index is -1.40. The number of aryl methyl sites for hydroxylation is 1. The van der Waals surface area contributed by atoms with Crippen molar-refractivity contribution in [1.82, 2.24) is 14.8 Å². The van der Waals surface area contributed by atoms with Gasteiger partial charge >= 0.3 is 0 Å². The molecule has 6 heteroatoms. The third-order valence-electron chi connectivity index (χ3n) is 6.79. The van der Waals surface area contributed by atoms with Gasteiger partial charge in [-0.05, 0) is 30.7 Å². The number of carbonyl (C=O) groups is 2.